The second-order valence-electron chi connectivity index (χ2n) is 2.32. The SMILES string of the molecule is CC[C@H](O)[C@H](O)CC(=O)OC. The van der Waals surface area contributed by atoms with E-state index >= 15 is 0 Å². The lowest BCUT2D eigenvalue weighted by molar-refractivity contribution is -0.144. The van der Waals surface area contributed by atoms with Crippen LogP contribution in [0.25, 0.3) is 0 Å². The van der Waals surface area contributed by atoms with Crippen LogP contribution in [0.4, 0.5) is 0 Å². The fourth-order valence-electron chi connectivity index (χ4n) is 0.662. The first-order chi connectivity index (χ1) is 5.11. The third-order valence-electron chi connectivity index (χ3n) is 1.47. The van der Waals surface area contributed by atoms with Crippen LogP contribution in [0.2, 0.25) is 0 Å². The van der Waals surface area contributed by atoms with E-state index in [1.165, 1.54) is 7.11 Å². The van der Waals surface area contributed by atoms with Gasteiger partial charge in [-0.1, -0.05) is 6.92 Å². The van der Waals surface area contributed by atoms with E-state index < -0.39 is 18.2 Å². The van der Waals surface area contributed by atoms with Crippen LogP contribution in [0.5, 0.6) is 0 Å². The maximum atomic E-state index is 10.5. The lowest BCUT2D eigenvalue weighted by Crippen LogP contribution is -2.28. The smallest absolute Gasteiger partial charge is 0.308 e. The number of hydrogen-bond donors (Lipinski definition) is 2. The Kier molecular flexibility index (Phi) is 4.81. The molecule has 0 bridgehead atoms. The van der Waals surface area contributed by atoms with Gasteiger partial charge in [0.2, 0.25) is 0 Å². The number of ether oxygens (including phenoxy) is 1. The summed E-state index contributed by atoms with van der Waals surface area (Å²) >= 11 is 0. The fourth-order valence-corrected chi connectivity index (χ4v) is 0.662. The lowest BCUT2D eigenvalue weighted by atomic mass is 10.1. The van der Waals surface area contributed by atoms with Crippen molar-refractivity contribution in [2.45, 2.75) is 32.0 Å². The molecule has 0 rings (SSSR count). The Bertz CT molecular complexity index is 124. The summed E-state index contributed by atoms with van der Waals surface area (Å²) < 4.78 is 4.31. The van der Waals surface area contributed by atoms with Crippen LogP contribution >= 0.6 is 0 Å². The van der Waals surface area contributed by atoms with Crippen molar-refractivity contribution in [1.29, 1.82) is 0 Å². The molecule has 0 aliphatic carbocycles. The van der Waals surface area contributed by atoms with E-state index in [1.54, 1.807) is 6.92 Å². The Labute approximate surface area is 65.8 Å². The number of carbonyl (C=O) groups is 1. The van der Waals surface area contributed by atoms with Crippen LogP contribution in [0.15, 0.2) is 0 Å². The average molecular weight is 162 g/mol. The Balaban J connectivity index is 3.67. The maximum absolute atomic E-state index is 10.5. The van der Waals surface area contributed by atoms with Crippen molar-refractivity contribution in [3.8, 4) is 0 Å². The number of aliphatic hydroxyl groups excluding tert-OH is 2. The summed E-state index contributed by atoms with van der Waals surface area (Å²) in [6, 6.07) is 0. The minimum absolute atomic E-state index is 0.147. The number of esters is 1. The molecule has 11 heavy (non-hydrogen) atoms. The van der Waals surface area contributed by atoms with E-state index in [0.29, 0.717) is 6.42 Å². The minimum Gasteiger partial charge on any atom is -0.469 e. The van der Waals surface area contributed by atoms with Crippen molar-refractivity contribution < 1.29 is 19.7 Å². The molecule has 0 unspecified atom stereocenters. The Morgan fingerprint density at radius 2 is 2.00 bits per heavy atom. The quantitative estimate of drug-likeness (QED) is 0.556. The topological polar surface area (TPSA) is 66.8 Å². The van der Waals surface area contributed by atoms with Crippen molar-refractivity contribution in [1.82, 2.24) is 0 Å². The van der Waals surface area contributed by atoms with E-state index in [2.05, 4.69) is 4.74 Å². The van der Waals surface area contributed by atoms with Crippen molar-refractivity contribution >= 4 is 5.97 Å². The molecule has 4 heteroatoms. The second kappa shape index (κ2) is 5.09. The summed E-state index contributed by atoms with van der Waals surface area (Å²) in [6.45, 7) is 1.73. The Morgan fingerprint density at radius 1 is 1.45 bits per heavy atom. The molecule has 0 aromatic rings. The van der Waals surface area contributed by atoms with Gasteiger partial charge in [-0.25, -0.2) is 0 Å². The van der Waals surface area contributed by atoms with Gasteiger partial charge in [0.05, 0.1) is 25.7 Å². The summed E-state index contributed by atoms with van der Waals surface area (Å²) in [5.74, 6) is -0.509. The molecular formula is C7H14O4. The normalized spacial score (nSPS) is 15.6. The number of hydrogen-bond acceptors (Lipinski definition) is 4. The molecule has 0 saturated carbocycles. The molecule has 0 aliphatic rings. The number of aliphatic hydroxyl groups is 2. The second-order valence-corrected chi connectivity index (χ2v) is 2.32. The molecular weight excluding hydrogens is 148 g/mol. The Morgan fingerprint density at radius 3 is 2.36 bits per heavy atom. The first kappa shape index (κ1) is 10.4. The maximum Gasteiger partial charge on any atom is 0.308 e. The predicted octanol–water partition coefficient (Wildman–Crippen LogP) is -0.319. The van der Waals surface area contributed by atoms with Gasteiger partial charge in [-0.15, -0.1) is 0 Å². The van der Waals surface area contributed by atoms with Crippen LogP contribution in [0.3, 0.4) is 0 Å². The van der Waals surface area contributed by atoms with Gasteiger partial charge in [0.15, 0.2) is 0 Å². The standard InChI is InChI=1S/C7H14O4/c1-3-5(8)6(9)4-7(10)11-2/h5-6,8-9H,3-4H2,1-2H3/t5-,6+/m0/s1. The van der Waals surface area contributed by atoms with Crippen LogP contribution in [-0.4, -0.2) is 35.5 Å². The van der Waals surface area contributed by atoms with Crippen LogP contribution < -0.4 is 0 Å². The highest BCUT2D eigenvalue weighted by molar-refractivity contribution is 5.69. The highest BCUT2D eigenvalue weighted by atomic mass is 16.5. The minimum atomic E-state index is -1.01. The van der Waals surface area contributed by atoms with Crippen molar-refractivity contribution in [2.75, 3.05) is 7.11 Å². The number of rotatable bonds is 4. The molecule has 0 spiro atoms. The molecule has 0 aromatic carbocycles. The zero-order valence-corrected chi connectivity index (χ0v) is 6.78. The van der Waals surface area contributed by atoms with E-state index in [0.717, 1.165) is 0 Å². The third-order valence-corrected chi connectivity index (χ3v) is 1.47. The molecule has 66 valence electrons. The zero-order valence-electron chi connectivity index (χ0n) is 6.78. The average Bonchev–Trinajstić information content (AvgIpc) is 2.02. The molecule has 0 fully saturated rings. The van der Waals surface area contributed by atoms with Gasteiger partial charge >= 0.3 is 5.97 Å². The van der Waals surface area contributed by atoms with Crippen LogP contribution in [0, 0.1) is 0 Å². The largest absolute Gasteiger partial charge is 0.469 e. The van der Waals surface area contributed by atoms with Gasteiger partial charge in [0.1, 0.15) is 0 Å². The Hall–Kier alpha value is -0.610. The van der Waals surface area contributed by atoms with Gasteiger partial charge in [-0.05, 0) is 6.42 Å². The molecule has 0 aromatic heterocycles. The first-order valence-corrected chi connectivity index (χ1v) is 3.54. The van der Waals surface area contributed by atoms with Crippen molar-refractivity contribution in [3.63, 3.8) is 0 Å². The summed E-state index contributed by atoms with van der Waals surface area (Å²) in [5, 5.41) is 18.1. The summed E-state index contributed by atoms with van der Waals surface area (Å²) in [4.78, 5) is 10.5. The summed E-state index contributed by atoms with van der Waals surface area (Å²) in [7, 11) is 1.24. The molecule has 2 N–H and O–H groups in total. The highest BCUT2D eigenvalue weighted by Crippen LogP contribution is 2.03. The zero-order chi connectivity index (χ0) is 8.85. The summed E-state index contributed by atoms with van der Waals surface area (Å²) in [5.41, 5.74) is 0. The van der Waals surface area contributed by atoms with E-state index in [1.807, 2.05) is 0 Å². The lowest BCUT2D eigenvalue weighted by Gasteiger charge is -2.13. The van der Waals surface area contributed by atoms with Gasteiger partial charge in [-0.2, -0.15) is 0 Å². The van der Waals surface area contributed by atoms with E-state index in [-0.39, 0.29) is 6.42 Å². The van der Waals surface area contributed by atoms with Crippen molar-refractivity contribution in [2.24, 2.45) is 0 Å². The fraction of sp³-hybridized carbons (Fsp3) is 0.857. The first-order valence-electron chi connectivity index (χ1n) is 3.54. The van der Waals surface area contributed by atoms with Gasteiger partial charge in [0.25, 0.3) is 0 Å². The van der Waals surface area contributed by atoms with Gasteiger partial charge in [-0.3, -0.25) is 4.79 Å². The van der Waals surface area contributed by atoms with E-state index in [4.69, 9.17) is 10.2 Å². The van der Waals surface area contributed by atoms with Crippen LogP contribution in [-0.2, 0) is 9.53 Å². The van der Waals surface area contributed by atoms with Gasteiger partial charge < -0.3 is 14.9 Å². The molecule has 0 amide bonds. The number of methoxy groups -OCH3 is 1. The molecule has 0 heterocycles. The third kappa shape index (κ3) is 3.95. The molecule has 4 nitrogen and oxygen atoms in total. The van der Waals surface area contributed by atoms with Crippen molar-refractivity contribution in [3.05, 3.63) is 0 Å². The highest BCUT2D eigenvalue weighted by Gasteiger charge is 2.17. The monoisotopic (exact) mass is 162 g/mol. The molecule has 0 saturated heterocycles. The van der Waals surface area contributed by atoms with E-state index in [9.17, 15) is 4.79 Å². The van der Waals surface area contributed by atoms with Gasteiger partial charge in [0, 0.05) is 0 Å². The molecule has 0 radical (unpaired) electrons. The number of carbonyl (C=O) groups excluding carboxylic acids is 1. The predicted molar refractivity (Wildman–Crippen MR) is 38.9 cm³/mol. The molecule has 0 aliphatic heterocycles. The van der Waals surface area contributed by atoms with Crippen LogP contribution in [0.1, 0.15) is 19.8 Å². The summed E-state index contributed by atoms with van der Waals surface area (Å²) in [6.07, 6.45) is -1.56. The molecule has 2 atom stereocenters.